The Morgan fingerprint density at radius 3 is 2.62 bits per heavy atom. The molecule has 29 heavy (non-hydrogen) atoms. The maximum Gasteiger partial charge on any atom is 0.339 e. The van der Waals surface area contributed by atoms with Crippen LogP contribution in [0.1, 0.15) is 50.3 Å². The summed E-state index contributed by atoms with van der Waals surface area (Å²) in [6, 6.07) is 3.81. The molecule has 0 unspecified atom stereocenters. The minimum atomic E-state index is -0.399. The lowest BCUT2D eigenvalue weighted by Gasteiger charge is -2.16. The number of benzene rings is 1. The topological polar surface area (TPSA) is 81.7 Å². The summed E-state index contributed by atoms with van der Waals surface area (Å²) >= 11 is 0. The quantitative estimate of drug-likeness (QED) is 0.475. The first-order valence-corrected chi connectivity index (χ1v) is 9.96. The first-order chi connectivity index (χ1) is 13.7. The molecule has 0 saturated carbocycles. The van der Waals surface area contributed by atoms with Crippen molar-refractivity contribution in [2.75, 3.05) is 20.3 Å². The number of ether oxygens (including phenoxy) is 1. The number of aryl methyl sites for hydroxylation is 1. The molecule has 0 aliphatic rings. The first-order valence-electron chi connectivity index (χ1n) is 9.96. The van der Waals surface area contributed by atoms with E-state index in [1.54, 1.807) is 19.4 Å². The van der Waals surface area contributed by atoms with Gasteiger partial charge in [0.15, 0.2) is 0 Å². The molecule has 0 aliphatic heterocycles. The summed E-state index contributed by atoms with van der Waals surface area (Å²) in [5.41, 5.74) is 3.25. The number of nitrogens with one attached hydrogen (secondary N) is 1. The molecular weight excluding hydrogens is 370 g/mol. The maximum atomic E-state index is 12.5. The van der Waals surface area contributed by atoms with Crippen molar-refractivity contribution in [3.63, 3.8) is 0 Å². The Bertz CT molecular complexity index is 1080. The molecule has 1 aromatic carbocycles. The fourth-order valence-corrected chi connectivity index (χ4v) is 3.55. The Balaban J connectivity index is 1.89. The van der Waals surface area contributed by atoms with Crippen LogP contribution in [0.4, 0.5) is 0 Å². The van der Waals surface area contributed by atoms with Crippen LogP contribution >= 0.6 is 0 Å². The average Bonchev–Trinajstić information content (AvgIpc) is 3.07. The summed E-state index contributed by atoms with van der Waals surface area (Å²) in [5.74, 6) is -0.0831. The second-order valence-corrected chi connectivity index (χ2v) is 8.43. The summed E-state index contributed by atoms with van der Waals surface area (Å²) in [6.45, 7) is 9.48. The van der Waals surface area contributed by atoms with E-state index in [0.29, 0.717) is 36.3 Å². The first kappa shape index (κ1) is 21.1. The Kier molecular flexibility index (Phi) is 6.13. The molecule has 2 heterocycles. The van der Waals surface area contributed by atoms with E-state index in [1.807, 2.05) is 13.0 Å². The van der Waals surface area contributed by atoms with Crippen molar-refractivity contribution >= 4 is 27.8 Å². The van der Waals surface area contributed by atoms with Gasteiger partial charge in [-0.05, 0) is 36.8 Å². The van der Waals surface area contributed by atoms with Gasteiger partial charge < -0.3 is 18.9 Å². The highest BCUT2D eigenvalue weighted by atomic mass is 16.5. The highest BCUT2D eigenvalue weighted by molar-refractivity contribution is 5.96. The molecule has 0 aliphatic carbocycles. The molecule has 1 amide bonds. The monoisotopic (exact) mass is 399 g/mol. The molecule has 6 nitrogen and oxygen atoms in total. The molecule has 156 valence electrons. The third-order valence-electron chi connectivity index (χ3n) is 5.24. The van der Waals surface area contributed by atoms with E-state index >= 15 is 0 Å². The zero-order chi connectivity index (χ0) is 21.2. The zero-order valence-electron chi connectivity index (χ0n) is 17.8. The lowest BCUT2D eigenvalue weighted by Crippen LogP contribution is -2.26. The van der Waals surface area contributed by atoms with E-state index in [-0.39, 0.29) is 17.7 Å². The smallest absolute Gasteiger partial charge is 0.339 e. The fraction of sp³-hybridized carbons (Fsp3) is 0.478. The number of carbonyl (C=O) groups excluding carboxylic acids is 1. The summed E-state index contributed by atoms with van der Waals surface area (Å²) in [5, 5.41) is 4.74. The van der Waals surface area contributed by atoms with Crippen LogP contribution in [0.5, 0.6) is 0 Å². The summed E-state index contributed by atoms with van der Waals surface area (Å²) in [6.07, 6.45) is 3.11. The zero-order valence-corrected chi connectivity index (χ0v) is 17.8. The molecule has 0 bridgehead atoms. The van der Waals surface area contributed by atoms with Gasteiger partial charge in [-0.3, -0.25) is 4.79 Å². The second-order valence-electron chi connectivity index (χ2n) is 8.43. The standard InChI is InChI=1S/C23H29NO5/c1-14-15(7-8-21(25)24-9-6-10-27-5)22(26)29-20-12-19-17(11-16(14)20)18(13-28-19)23(2,3)4/h11-13H,6-10H2,1-5H3,(H,24,25). The minimum Gasteiger partial charge on any atom is -0.464 e. The van der Waals surface area contributed by atoms with Crippen LogP contribution < -0.4 is 10.9 Å². The van der Waals surface area contributed by atoms with Crippen molar-refractivity contribution in [1.82, 2.24) is 5.32 Å². The predicted molar refractivity (Wildman–Crippen MR) is 114 cm³/mol. The van der Waals surface area contributed by atoms with Gasteiger partial charge >= 0.3 is 5.63 Å². The lowest BCUT2D eigenvalue weighted by molar-refractivity contribution is -0.121. The summed E-state index contributed by atoms with van der Waals surface area (Å²) < 4.78 is 16.2. The van der Waals surface area contributed by atoms with E-state index in [1.165, 1.54) is 0 Å². The van der Waals surface area contributed by atoms with Crippen molar-refractivity contribution in [3.05, 3.63) is 45.5 Å². The molecule has 0 saturated heterocycles. The second kappa shape index (κ2) is 8.41. The van der Waals surface area contributed by atoms with Crippen molar-refractivity contribution in [1.29, 1.82) is 0 Å². The van der Waals surface area contributed by atoms with E-state index in [2.05, 4.69) is 26.1 Å². The normalized spacial score (nSPS) is 12.0. The van der Waals surface area contributed by atoms with Gasteiger partial charge in [0.05, 0.1) is 6.26 Å². The van der Waals surface area contributed by atoms with E-state index in [0.717, 1.165) is 28.3 Å². The molecule has 0 radical (unpaired) electrons. The molecule has 3 aromatic rings. The van der Waals surface area contributed by atoms with Crippen LogP contribution in [0.3, 0.4) is 0 Å². The molecule has 2 aromatic heterocycles. The van der Waals surface area contributed by atoms with Gasteiger partial charge in [0.2, 0.25) is 5.91 Å². The third-order valence-corrected chi connectivity index (χ3v) is 5.24. The van der Waals surface area contributed by atoms with Gasteiger partial charge in [0.1, 0.15) is 11.2 Å². The molecule has 0 fully saturated rings. The molecule has 0 atom stereocenters. The molecule has 1 N–H and O–H groups in total. The molecular formula is C23H29NO5. The number of methoxy groups -OCH3 is 1. The predicted octanol–water partition coefficient (Wildman–Crippen LogP) is 4.23. The largest absolute Gasteiger partial charge is 0.464 e. The van der Waals surface area contributed by atoms with Crippen LogP contribution in [-0.2, 0) is 21.4 Å². The lowest BCUT2D eigenvalue weighted by atomic mass is 9.86. The number of hydrogen-bond donors (Lipinski definition) is 1. The van der Waals surface area contributed by atoms with E-state index in [4.69, 9.17) is 13.6 Å². The van der Waals surface area contributed by atoms with Crippen LogP contribution in [0, 0.1) is 6.92 Å². The Morgan fingerprint density at radius 1 is 1.17 bits per heavy atom. The van der Waals surface area contributed by atoms with Gasteiger partial charge in [-0.1, -0.05) is 20.8 Å². The molecule has 3 rings (SSSR count). The van der Waals surface area contributed by atoms with Crippen molar-refractivity contribution in [2.45, 2.75) is 52.4 Å². The molecule has 0 spiro atoms. The van der Waals surface area contributed by atoms with Gasteiger partial charge in [0, 0.05) is 54.6 Å². The van der Waals surface area contributed by atoms with Crippen molar-refractivity contribution in [2.24, 2.45) is 0 Å². The summed E-state index contributed by atoms with van der Waals surface area (Å²) in [7, 11) is 1.63. The summed E-state index contributed by atoms with van der Waals surface area (Å²) in [4.78, 5) is 24.6. The van der Waals surface area contributed by atoms with Gasteiger partial charge in [-0.2, -0.15) is 0 Å². The van der Waals surface area contributed by atoms with Crippen molar-refractivity contribution in [3.8, 4) is 0 Å². The number of rotatable bonds is 7. The third kappa shape index (κ3) is 4.53. The van der Waals surface area contributed by atoms with Crippen LogP contribution in [0.2, 0.25) is 0 Å². The minimum absolute atomic E-state index is 0.0633. The Hall–Kier alpha value is -2.60. The molecule has 6 heteroatoms. The van der Waals surface area contributed by atoms with Gasteiger partial charge in [0.25, 0.3) is 0 Å². The van der Waals surface area contributed by atoms with Crippen LogP contribution in [0.25, 0.3) is 21.9 Å². The Morgan fingerprint density at radius 2 is 1.93 bits per heavy atom. The Labute approximate surface area is 170 Å². The average molecular weight is 399 g/mol. The van der Waals surface area contributed by atoms with E-state index in [9.17, 15) is 9.59 Å². The maximum absolute atomic E-state index is 12.5. The fourth-order valence-electron chi connectivity index (χ4n) is 3.55. The number of amides is 1. The highest BCUT2D eigenvalue weighted by Crippen LogP contribution is 2.35. The van der Waals surface area contributed by atoms with Crippen LogP contribution in [-0.4, -0.2) is 26.2 Å². The van der Waals surface area contributed by atoms with Crippen LogP contribution in [0.15, 0.2) is 32.0 Å². The SMILES string of the molecule is COCCCNC(=O)CCc1c(C)c2cc3c(C(C)(C)C)coc3cc2oc1=O. The van der Waals surface area contributed by atoms with E-state index < -0.39 is 5.63 Å². The number of carbonyl (C=O) groups is 1. The van der Waals surface area contributed by atoms with Gasteiger partial charge in [-0.15, -0.1) is 0 Å². The number of furan rings is 1. The van der Waals surface area contributed by atoms with Gasteiger partial charge in [-0.25, -0.2) is 4.79 Å². The highest BCUT2D eigenvalue weighted by Gasteiger charge is 2.21. The van der Waals surface area contributed by atoms with Crippen molar-refractivity contribution < 1.29 is 18.4 Å². The number of fused-ring (bicyclic) bond motifs is 2. The number of hydrogen-bond acceptors (Lipinski definition) is 5.